The first-order valence-electron chi connectivity index (χ1n) is 9.13. The minimum Gasteiger partial charge on any atom is -0.411 e. The number of rotatable bonds is 7. The van der Waals surface area contributed by atoms with Gasteiger partial charge in [-0.25, -0.2) is 0 Å². The molecule has 27 heavy (non-hydrogen) atoms. The van der Waals surface area contributed by atoms with E-state index < -0.39 is 43.7 Å². The van der Waals surface area contributed by atoms with Gasteiger partial charge in [-0.2, -0.15) is 13.2 Å². The number of nitrogens with two attached hydrogens (primary N) is 1. The topological polar surface area (TPSA) is 77.1 Å². The maximum atomic E-state index is 13.5. The predicted octanol–water partition coefficient (Wildman–Crippen LogP) is 4.13. The van der Waals surface area contributed by atoms with Crippen molar-refractivity contribution in [2.24, 2.45) is 10.7 Å². The summed E-state index contributed by atoms with van der Waals surface area (Å²) in [6.45, 7) is 14.1. The van der Waals surface area contributed by atoms with Crippen LogP contribution in [0.2, 0.25) is 18.1 Å². The summed E-state index contributed by atoms with van der Waals surface area (Å²) in [6, 6.07) is -0.542. The molecule has 1 unspecified atom stereocenters. The van der Waals surface area contributed by atoms with Gasteiger partial charge in [0.2, 0.25) is 0 Å². The van der Waals surface area contributed by atoms with Crippen molar-refractivity contribution in [2.75, 3.05) is 6.61 Å². The molecule has 158 valence electrons. The van der Waals surface area contributed by atoms with Gasteiger partial charge in [0, 0.05) is 12.8 Å². The average molecular weight is 411 g/mol. The third-order valence-electron chi connectivity index (χ3n) is 5.27. The minimum atomic E-state index is -4.74. The zero-order chi connectivity index (χ0) is 21.3. The van der Waals surface area contributed by atoms with E-state index in [0.29, 0.717) is 19.0 Å². The molecule has 5 nitrogen and oxygen atoms in total. The van der Waals surface area contributed by atoms with E-state index in [9.17, 15) is 18.3 Å². The standard InChI is InChI=1S/C18H33F3N2O3Si/c1-8-25-15(24)13(11-22)14(18(19,20)21)23-12-9-17(5,10-12)26-27(6,7)16(2,3)4/h11-12,15,24H,8-10,22H2,1-7H3. The molecule has 0 bridgehead atoms. The van der Waals surface area contributed by atoms with Gasteiger partial charge in [0.05, 0.1) is 17.2 Å². The quantitative estimate of drug-likeness (QED) is 0.376. The van der Waals surface area contributed by atoms with Gasteiger partial charge in [-0.1, -0.05) is 20.8 Å². The molecule has 0 radical (unpaired) electrons. The molecule has 0 aliphatic heterocycles. The maximum Gasteiger partial charge on any atom is 0.433 e. The van der Waals surface area contributed by atoms with E-state index in [1.807, 2.05) is 6.92 Å². The van der Waals surface area contributed by atoms with E-state index >= 15 is 0 Å². The Labute approximate surface area is 161 Å². The third-order valence-corrected chi connectivity index (χ3v) is 9.88. The zero-order valence-electron chi connectivity index (χ0n) is 17.3. The van der Waals surface area contributed by atoms with Gasteiger partial charge in [-0.3, -0.25) is 4.99 Å². The number of halogens is 3. The average Bonchev–Trinajstić information content (AvgIpc) is 2.42. The van der Waals surface area contributed by atoms with Gasteiger partial charge in [0.15, 0.2) is 14.6 Å². The summed E-state index contributed by atoms with van der Waals surface area (Å²) in [5.74, 6) is 0. The highest BCUT2D eigenvalue weighted by Gasteiger charge is 2.50. The van der Waals surface area contributed by atoms with Crippen LogP contribution in [0.3, 0.4) is 0 Å². The number of ether oxygens (including phenoxy) is 1. The highest BCUT2D eigenvalue weighted by Crippen LogP contribution is 2.46. The molecule has 3 N–H and O–H groups in total. The molecule has 0 heterocycles. The van der Waals surface area contributed by atoms with Crippen LogP contribution in [0.5, 0.6) is 0 Å². The molecule has 1 rings (SSSR count). The number of nitrogens with zero attached hydrogens (tertiary/aromatic N) is 1. The van der Waals surface area contributed by atoms with Crippen molar-refractivity contribution < 1.29 is 27.4 Å². The molecular formula is C18H33F3N2O3Si. The summed E-state index contributed by atoms with van der Waals surface area (Å²) >= 11 is 0. The number of aliphatic imine (C=N–C) groups is 1. The van der Waals surface area contributed by atoms with E-state index in [2.05, 4.69) is 38.9 Å². The van der Waals surface area contributed by atoms with Crippen molar-refractivity contribution in [3.63, 3.8) is 0 Å². The largest absolute Gasteiger partial charge is 0.433 e. The summed E-state index contributed by atoms with van der Waals surface area (Å²) in [6.07, 6.45) is -5.02. The summed E-state index contributed by atoms with van der Waals surface area (Å²) in [7, 11) is -2.04. The molecule has 0 amide bonds. The molecule has 1 aliphatic rings. The smallest absolute Gasteiger partial charge is 0.411 e. The van der Waals surface area contributed by atoms with E-state index in [1.54, 1.807) is 6.92 Å². The Morgan fingerprint density at radius 1 is 1.33 bits per heavy atom. The summed E-state index contributed by atoms with van der Waals surface area (Å²) < 4.78 is 51.7. The van der Waals surface area contributed by atoms with E-state index in [4.69, 9.17) is 14.9 Å². The van der Waals surface area contributed by atoms with Crippen molar-refractivity contribution in [2.45, 2.75) is 89.7 Å². The second-order valence-electron chi connectivity index (χ2n) is 8.78. The van der Waals surface area contributed by atoms with Crippen LogP contribution in [-0.4, -0.2) is 49.9 Å². The molecule has 1 fully saturated rings. The van der Waals surface area contributed by atoms with Crippen molar-refractivity contribution in [3.05, 3.63) is 11.8 Å². The van der Waals surface area contributed by atoms with Crippen LogP contribution >= 0.6 is 0 Å². The Morgan fingerprint density at radius 3 is 2.22 bits per heavy atom. The van der Waals surface area contributed by atoms with Crippen LogP contribution in [0.4, 0.5) is 13.2 Å². The Kier molecular flexibility index (Phi) is 7.35. The van der Waals surface area contributed by atoms with Gasteiger partial charge >= 0.3 is 6.18 Å². The van der Waals surface area contributed by atoms with Gasteiger partial charge in [-0.05, 0) is 44.8 Å². The molecular weight excluding hydrogens is 377 g/mol. The summed E-state index contributed by atoms with van der Waals surface area (Å²) in [5, 5.41) is 9.83. The Bertz CT molecular complexity index is 577. The van der Waals surface area contributed by atoms with Gasteiger partial charge < -0.3 is 20.0 Å². The summed E-state index contributed by atoms with van der Waals surface area (Å²) in [4.78, 5) is 3.85. The van der Waals surface area contributed by atoms with Crippen molar-refractivity contribution in [1.29, 1.82) is 0 Å². The fourth-order valence-electron chi connectivity index (χ4n) is 2.90. The fraction of sp³-hybridized carbons (Fsp3) is 0.833. The summed E-state index contributed by atoms with van der Waals surface area (Å²) in [5.41, 5.74) is 3.08. The van der Waals surface area contributed by atoms with Gasteiger partial charge in [0.1, 0.15) is 5.71 Å². The fourth-order valence-corrected chi connectivity index (χ4v) is 4.61. The normalized spacial score (nSPS) is 26.7. The van der Waals surface area contributed by atoms with Gasteiger partial charge in [0.25, 0.3) is 0 Å². The number of aliphatic hydroxyl groups excluding tert-OH is 1. The van der Waals surface area contributed by atoms with E-state index in [1.165, 1.54) is 0 Å². The number of hydrogen-bond donors (Lipinski definition) is 2. The van der Waals surface area contributed by atoms with Crippen molar-refractivity contribution in [3.8, 4) is 0 Å². The highest BCUT2D eigenvalue weighted by atomic mass is 28.4. The SMILES string of the molecule is CCOC(O)C(=CN)C(=NC1CC(C)(O[Si](C)(C)C(C)(C)C)C1)C(F)(F)F. The first kappa shape index (κ1) is 24.1. The molecule has 0 saturated heterocycles. The van der Waals surface area contributed by atoms with Crippen LogP contribution < -0.4 is 5.73 Å². The van der Waals surface area contributed by atoms with E-state index in [0.717, 1.165) is 0 Å². The first-order chi connectivity index (χ1) is 12.1. The van der Waals surface area contributed by atoms with E-state index in [-0.39, 0.29) is 11.6 Å². The monoisotopic (exact) mass is 410 g/mol. The second-order valence-corrected chi connectivity index (χ2v) is 13.5. The molecule has 0 aromatic carbocycles. The second kappa shape index (κ2) is 8.22. The van der Waals surface area contributed by atoms with Crippen molar-refractivity contribution in [1.82, 2.24) is 0 Å². The molecule has 0 aromatic rings. The lowest BCUT2D eigenvalue weighted by atomic mass is 9.77. The molecule has 1 aliphatic carbocycles. The van der Waals surface area contributed by atoms with Crippen LogP contribution in [0.25, 0.3) is 0 Å². The molecule has 0 aromatic heterocycles. The number of hydrogen-bond acceptors (Lipinski definition) is 5. The maximum absolute atomic E-state index is 13.5. The van der Waals surface area contributed by atoms with Crippen LogP contribution in [0, 0.1) is 0 Å². The van der Waals surface area contributed by atoms with Crippen molar-refractivity contribution >= 4 is 14.0 Å². The molecule has 9 heteroatoms. The zero-order valence-corrected chi connectivity index (χ0v) is 18.3. The lowest BCUT2D eigenvalue weighted by Gasteiger charge is -2.51. The van der Waals surface area contributed by atoms with Crippen LogP contribution in [-0.2, 0) is 9.16 Å². The number of alkyl halides is 3. The number of aliphatic hydroxyl groups is 1. The third kappa shape index (κ3) is 6.04. The highest BCUT2D eigenvalue weighted by molar-refractivity contribution is 6.74. The predicted molar refractivity (Wildman–Crippen MR) is 103 cm³/mol. The Morgan fingerprint density at radius 2 is 1.85 bits per heavy atom. The first-order valence-corrected chi connectivity index (χ1v) is 12.0. The molecule has 1 saturated carbocycles. The molecule has 0 spiro atoms. The van der Waals surface area contributed by atoms with Crippen LogP contribution in [0.15, 0.2) is 16.8 Å². The lowest BCUT2D eigenvalue weighted by molar-refractivity contribution is -0.0788. The van der Waals surface area contributed by atoms with Gasteiger partial charge in [-0.15, -0.1) is 0 Å². The Hall–Kier alpha value is -0.903. The van der Waals surface area contributed by atoms with Crippen LogP contribution in [0.1, 0.15) is 47.5 Å². The Balaban J connectivity index is 2.98. The lowest BCUT2D eigenvalue weighted by Crippen LogP contribution is -2.55. The minimum absolute atomic E-state index is 0.0125. The molecule has 1 atom stereocenters.